The van der Waals surface area contributed by atoms with Gasteiger partial charge in [-0.1, -0.05) is 23.9 Å². The first-order chi connectivity index (χ1) is 18.0. The maximum atomic E-state index is 14.2. The Kier molecular flexibility index (Phi) is 7.89. The molecule has 2 aromatic heterocycles. The summed E-state index contributed by atoms with van der Waals surface area (Å²) in [5.74, 6) is -0.332. The van der Waals surface area contributed by atoms with Crippen LogP contribution in [0, 0.1) is 12.8 Å². The summed E-state index contributed by atoms with van der Waals surface area (Å²) in [4.78, 5) is 32.6. The second kappa shape index (κ2) is 11.1. The van der Waals surface area contributed by atoms with Crippen LogP contribution in [0.3, 0.4) is 0 Å². The van der Waals surface area contributed by atoms with Crippen molar-refractivity contribution in [2.45, 2.75) is 52.2 Å². The van der Waals surface area contributed by atoms with E-state index in [1.165, 1.54) is 6.08 Å². The molecule has 2 N–H and O–H groups in total. The van der Waals surface area contributed by atoms with E-state index in [0.717, 1.165) is 22.9 Å². The number of aryl methyl sites for hydroxylation is 1. The highest BCUT2D eigenvalue weighted by Gasteiger charge is 2.36. The second-order valence-corrected chi connectivity index (χ2v) is 10.4. The summed E-state index contributed by atoms with van der Waals surface area (Å²) < 4.78 is 19.6. The lowest BCUT2D eigenvalue weighted by Crippen LogP contribution is -2.55. The molecule has 2 aromatic rings. The Morgan fingerprint density at radius 1 is 1.29 bits per heavy atom. The van der Waals surface area contributed by atoms with Crippen molar-refractivity contribution in [1.29, 1.82) is 0 Å². The van der Waals surface area contributed by atoms with E-state index in [1.54, 1.807) is 23.4 Å². The zero-order valence-electron chi connectivity index (χ0n) is 22.1. The van der Waals surface area contributed by atoms with E-state index in [9.17, 15) is 9.18 Å². The molecule has 2 aliphatic rings. The summed E-state index contributed by atoms with van der Waals surface area (Å²) in [6, 6.07) is 3.67. The first-order valence-corrected chi connectivity index (χ1v) is 12.5. The van der Waals surface area contributed by atoms with Gasteiger partial charge in [-0.3, -0.25) is 4.98 Å². The van der Waals surface area contributed by atoms with Crippen molar-refractivity contribution in [3.8, 4) is 0 Å². The van der Waals surface area contributed by atoms with Crippen LogP contribution in [0.15, 0.2) is 60.3 Å². The molecule has 1 aliphatic heterocycles. The van der Waals surface area contributed by atoms with Gasteiger partial charge in [-0.25, -0.2) is 19.2 Å². The molecule has 0 saturated carbocycles. The number of hydrogen-bond acceptors (Lipinski definition) is 8. The highest BCUT2D eigenvalue weighted by atomic mass is 19.1. The molecule has 1 aliphatic carbocycles. The number of pyridine rings is 1. The summed E-state index contributed by atoms with van der Waals surface area (Å²) in [6.07, 6.45) is 8.41. The lowest BCUT2D eigenvalue weighted by Gasteiger charge is -2.38. The number of carbonyl (C=O) groups is 1. The van der Waals surface area contributed by atoms with Gasteiger partial charge in [0.25, 0.3) is 0 Å². The van der Waals surface area contributed by atoms with E-state index in [1.807, 2.05) is 39.8 Å². The van der Waals surface area contributed by atoms with Gasteiger partial charge in [0, 0.05) is 24.4 Å². The normalized spacial score (nSPS) is 19.6. The van der Waals surface area contributed by atoms with E-state index < -0.39 is 11.4 Å². The molecule has 10 heteroatoms. The van der Waals surface area contributed by atoms with Gasteiger partial charge in [-0.05, 0) is 69.4 Å². The van der Waals surface area contributed by atoms with Crippen molar-refractivity contribution in [2.75, 3.05) is 18.8 Å². The maximum Gasteiger partial charge on any atom is 0.410 e. The van der Waals surface area contributed by atoms with E-state index >= 15 is 0 Å². The topological polar surface area (TPSA) is 116 Å². The average Bonchev–Trinajstić information content (AvgIpc) is 2.81. The predicted octanol–water partition coefficient (Wildman–Crippen LogP) is 4.79. The smallest absolute Gasteiger partial charge is 0.410 e. The molecule has 3 heterocycles. The van der Waals surface area contributed by atoms with E-state index in [2.05, 4.69) is 26.7 Å². The van der Waals surface area contributed by atoms with Gasteiger partial charge in [0.05, 0.1) is 30.2 Å². The first-order valence-electron chi connectivity index (χ1n) is 12.5. The molecule has 1 unspecified atom stereocenters. The van der Waals surface area contributed by atoms with Crippen LogP contribution in [0.4, 0.5) is 15.1 Å². The Labute approximate surface area is 222 Å². The summed E-state index contributed by atoms with van der Waals surface area (Å²) in [7, 11) is 0. The van der Waals surface area contributed by atoms with Crippen LogP contribution in [-0.2, 0) is 16.0 Å². The molecule has 38 heavy (non-hydrogen) atoms. The van der Waals surface area contributed by atoms with Crippen molar-refractivity contribution < 1.29 is 18.8 Å². The van der Waals surface area contributed by atoms with Crippen LogP contribution < -0.4 is 5.73 Å². The number of rotatable bonds is 6. The van der Waals surface area contributed by atoms with Crippen molar-refractivity contribution in [1.82, 2.24) is 19.9 Å². The van der Waals surface area contributed by atoms with Gasteiger partial charge in [0.15, 0.2) is 6.10 Å². The number of anilines is 1. The molecule has 1 atom stereocenters. The van der Waals surface area contributed by atoms with Crippen LogP contribution in [0.5, 0.6) is 0 Å². The van der Waals surface area contributed by atoms with E-state index in [-0.39, 0.29) is 24.1 Å². The third-order valence-corrected chi connectivity index (χ3v) is 6.09. The minimum absolute atomic E-state index is 0.0673. The summed E-state index contributed by atoms with van der Waals surface area (Å²) in [5.41, 5.74) is 9.81. The molecule has 1 saturated heterocycles. The quantitative estimate of drug-likeness (QED) is 0.430. The largest absolute Gasteiger partial charge is 0.444 e. The summed E-state index contributed by atoms with van der Waals surface area (Å²) in [6.45, 7) is 11.6. The number of hydrogen-bond donors (Lipinski definition) is 1. The number of fused-ring (bicyclic) bond motifs is 1. The number of likely N-dealkylation sites (tertiary alicyclic amines) is 1. The molecule has 9 nitrogen and oxygen atoms in total. The van der Waals surface area contributed by atoms with Gasteiger partial charge in [-0.2, -0.15) is 0 Å². The van der Waals surface area contributed by atoms with Crippen LogP contribution in [0.1, 0.15) is 49.7 Å². The highest BCUT2D eigenvalue weighted by molar-refractivity contribution is 6.03. The number of halogens is 1. The second-order valence-electron chi connectivity index (χ2n) is 10.4. The molecule has 0 spiro atoms. The number of oxime groups is 1. The molecule has 200 valence electrons. The van der Waals surface area contributed by atoms with Crippen molar-refractivity contribution in [3.05, 3.63) is 77.7 Å². The van der Waals surface area contributed by atoms with Crippen molar-refractivity contribution in [2.24, 2.45) is 11.1 Å². The highest BCUT2D eigenvalue weighted by Crippen LogP contribution is 2.31. The summed E-state index contributed by atoms with van der Waals surface area (Å²) >= 11 is 0. The number of ether oxygens (including phenoxy) is 1. The predicted molar refractivity (Wildman–Crippen MR) is 144 cm³/mol. The van der Waals surface area contributed by atoms with Crippen LogP contribution in [0.2, 0.25) is 0 Å². The lowest BCUT2D eigenvalue weighted by atomic mass is 9.83. The number of nitrogen functional groups attached to an aromatic ring is 1. The van der Waals surface area contributed by atoms with Crippen LogP contribution in [0.25, 0.3) is 5.57 Å². The number of amides is 1. The first kappa shape index (κ1) is 27.0. The number of nitrogens with zero attached hydrogens (tertiary/aromatic N) is 5. The van der Waals surface area contributed by atoms with E-state index in [0.29, 0.717) is 42.9 Å². The van der Waals surface area contributed by atoms with Gasteiger partial charge in [-0.15, -0.1) is 0 Å². The van der Waals surface area contributed by atoms with Gasteiger partial charge in [0.2, 0.25) is 5.95 Å². The Morgan fingerprint density at radius 2 is 2.05 bits per heavy atom. The van der Waals surface area contributed by atoms with Crippen LogP contribution in [-0.4, -0.2) is 56.5 Å². The maximum absolute atomic E-state index is 14.2. The Morgan fingerprint density at radius 3 is 2.71 bits per heavy atom. The molecule has 0 bridgehead atoms. The fourth-order valence-corrected chi connectivity index (χ4v) is 4.39. The van der Waals surface area contributed by atoms with Crippen molar-refractivity contribution in [3.63, 3.8) is 0 Å². The Balaban J connectivity index is 1.58. The molecule has 4 rings (SSSR count). The zero-order valence-corrected chi connectivity index (χ0v) is 22.1. The lowest BCUT2D eigenvalue weighted by molar-refractivity contribution is -0.0620. The molecule has 1 amide bonds. The van der Waals surface area contributed by atoms with Gasteiger partial charge < -0.3 is 20.2 Å². The van der Waals surface area contributed by atoms with Gasteiger partial charge >= 0.3 is 6.09 Å². The Hall–Kier alpha value is -4.08. The SMILES string of the molecule is C=CC(F)=CC(=CC1CC(=NOC2CN(C(=O)OC(C)(C)C)C2)c2c(C)nc(N)nc2C1)c1cccnc1. The third-order valence-electron chi connectivity index (χ3n) is 6.09. The Bertz CT molecular complexity index is 1290. The summed E-state index contributed by atoms with van der Waals surface area (Å²) in [5, 5.41) is 4.48. The fraction of sp³-hybridized carbons (Fsp3) is 0.393. The molecule has 1 fully saturated rings. The van der Waals surface area contributed by atoms with Crippen LogP contribution >= 0.6 is 0 Å². The monoisotopic (exact) mass is 520 g/mol. The van der Waals surface area contributed by atoms with E-state index in [4.69, 9.17) is 15.3 Å². The standard InChI is InChI=1S/C28H33FN6O3/c1-6-21(29)13-20(19-8-7-9-31-14-19)10-18-11-23-25(17(2)32-26(30)33-23)24(12-18)34-38-22-15-35(16-22)27(36)37-28(3,4)5/h6-10,13-14,18,22H,1,11-12,15-16H2,2-5H3,(H2,30,32,33). The average molecular weight is 521 g/mol. The van der Waals surface area contributed by atoms with Gasteiger partial charge in [0.1, 0.15) is 11.4 Å². The third kappa shape index (κ3) is 6.62. The zero-order chi connectivity index (χ0) is 27.4. The minimum atomic E-state index is -0.560. The number of nitrogens with two attached hydrogens (primary N) is 1. The number of allylic oxidation sites excluding steroid dienone is 5. The number of carbonyl (C=O) groups excluding carboxylic acids is 1. The number of aromatic nitrogens is 3. The molecular weight excluding hydrogens is 487 g/mol. The molecular formula is C28H33FN6O3. The van der Waals surface area contributed by atoms with Crippen molar-refractivity contribution >= 4 is 23.3 Å². The minimum Gasteiger partial charge on any atom is -0.444 e. The molecule has 0 aromatic carbocycles. The fourth-order valence-electron chi connectivity index (χ4n) is 4.39. The molecule has 0 radical (unpaired) electrons.